The number of rotatable bonds is 2. The van der Waals surface area contributed by atoms with Crippen LogP contribution in [0.4, 0.5) is 14.6 Å². The number of carbonyl (C=O) groups is 1. The number of carbonyl (C=O) groups excluding carboxylic acids is 1. The first-order valence-electron chi connectivity index (χ1n) is 6.37. The molecule has 0 saturated carbocycles. The smallest absolute Gasteiger partial charge is 0.256 e. The summed E-state index contributed by atoms with van der Waals surface area (Å²) >= 11 is 0. The third kappa shape index (κ3) is 2.07. The molecule has 0 atom stereocenters. The quantitative estimate of drug-likeness (QED) is 0.916. The van der Waals surface area contributed by atoms with Crippen LogP contribution in [0.2, 0.25) is 0 Å². The highest BCUT2D eigenvalue weighted by atomic mass is 19.2. The van der Waals surface area contributed by atoms with Gasteiger partial charge in [0.05, 0.1) is 5.69 Å². The van der Waals surface area contributed by atoms with Gasteiger partial charge >= 0.3 is 0 Å². The third-order valence-corrected chi connectivity index (χ3v) is 3.48. The van der Waals surface area contributed by atoms with Crippen LogP contribution in [0.1, 0.15) is 28.0 Å². The summed E-state index contributed by atoms with van der Waals surface area (Å²) in [4.78, 5) is 12.1. The van der Waals surface area contributed by atoms with E-state index in [1.54, 1.807) is 11.7 Å². The Kier molecular flexibility index (Phi) is 3.00. The van der Waals surface area contributed by atoms with Crippen molar-refractivity contribution in [1.29, 1.82) is 0 Å². The van der Waals surface area contributed by atoms with E-state index in [2.05, 4.69) is 10.4 Å². The van der Waals surface area contributed by atoms with Gasteiger partial charge in [0.2, 0.25) is 0 Å². The van der Waals surface area contributed by atoms with E-state index in [0.29, 0.717) is 5.82 Å². The van der Waals surface area contributed by atoms with Gasteiger partial charge in [0.15, 0.2) is 11.6 Å². The van der Waals surface area contributed by atoms with Crippen LogP contribution in [-0.4, -0.2) is 15.7 Å². The Bertz CT molecular complexity index is 694. The largest absolute Gasteiger partial charge is 0.307 e. The molecule has 104 valence electrons. The predicted octanol–water partition coefficient (Wildman–Crippen LogP) is 2.44. The Labute approximate surface area is 114 Å². The first-order chi connectivity index (χ1) is 9.56. The first kappa shape index (κ1) is 12.8. The van der Waals surface area contributed by atoms with Crippen LogP contribution in [0, 0.1) is 11.6 Å². The number of nitrogens with zero attached hydrogens (tertiary/aromatic N) is 2. The fourth-order valence-corrected chi connectivity index (χ4v) is 2.49. The maximum Gasteiger partial charge on any atom is 0.256 e. The lowest BCUT2D eigenvalue weighted by molar-refractivity contribution is 0.102. The van der Waals surface area contributed by atoms with Crippen LogP contribution >= 0.6 is 0 Å². The molecule has 0 fully saturated rings. The summed E-state index contributed by atoms with van der Waals surface area (Å²) in [6.45, 7) is 0. The lowest BCUT2D eigenvalue weighted by Crippen LogP contribution is -2.16. The van der Waals surface area contributed by atoms with E-state index < -0.39 is 17.5 Å². The normalized spacial score (nSPS) is 13.3. The van der Waals surface area contributed by atoms with E-state index in [1.165, 1.54) is 6.07 Å². The third-order valence-electron chi connectivity index (χ3n) is 3.48. The van der Waals surface area contributed by atoms with Crippen molar-refractivity contribution in [2.75, 3.05) is 5.32 Å². The van der Waals surface area contributed by atoms with Crippen LogP contribution < -0.4 is 5.32 Å². The average Bonchev–Trinajstić information content (AvgIpc) is 2.96. The molecule has 1 N–H and O–H groups in total. The molecule has 1 amide bonds. The summed E-state index contributed by atoms with van der Waals surface area (Å²) in [6.07, 6.45) is 2.80. The summed E-state index contributed by atoms with van der Waals surface area (Å²) in [5, 5.41) is 7.06. The van der Waals surface area contributed by atoms with Gasteiger partial charge in [0, 0.05) is 18.2 Å². The zero-order valence-electron chi connectivity index (χ0n) is 10.9. The summed E-state index contributed by atoms with van der Waals surface area (Å²) in [7, 11) is 1.75. The molecule has 1 aliphatic rings. The van der Waals surface area contributed by atoms with Gasteiger partial charge in [-0.25, -0.2) is 8.78 Å². The second-order valence-electron chi connectivity index (χ2n) is 4.83. The maximum absolute atomic E-state index is 13.1. The summed E-state index contributed by atoms with van der Waals surface area (Å²) in [5.74, 6) is -1.84. The van der Waals surface area contributed by atoms with Crippen LogP contribution in [0.15, 0.2) is 18.2 Å². The highest BCUT2D eigenvalue weighted by Crippen LogP contribution is 2.28. The number of fused-ring (bicyclic) bond motifs is 1. The predicted molar refractivity (Wildman–Crippen MR) is 69.5 cm³/mol. The highest BCUT2D eigenvalue weighted by Gasteiger charge is 2.22. The van der Waals surface area contributed by atoms with E-state index in [9.17, 15) is 13.6 Å². The standard InChI is InChI=1S/C14H13F2N3O/c1-19-13(9-3-2-4-12(9)18-19)17-14(20)8-5-6-10(15)11(16)7-8/h5-7H,2-4H2,1H3,(H,17,20). The summed E-state index contributed by atoms with van der Waals surface area (Å²) in [5.41, 5.74) is 2.10. The molecular weight excluding hydrogens is 264 g/mol. The number of hydrogen-bond acceptors (Lipinski definition) is 2. The van der Waals surface area contributed by atoms with E-state index in [-0.39, 0.29) is 5.56 Å². The first-order valence-corrected chi connectivity index (χ1v) is 6.37. The van der Waals surface area contributed by atoms with Crippen molar-refractivity contribution < 1.29 is 13.6 Å². The van der Waals surface area contributed by atoms with E-state index in [4.69, 9.17) is 0 Å². The van der Waals surface area contributed by atoms with Crippen LogP contribution in [-0.2, 0) is 19.9 Å². The Morgan fingerprint density at radius 1 is 1.30 bits per heavy atom. The molecule has 20 heavy (non-hydrogen) atoms. The molecule has 1 aromatic carbocycles. The van der Waals surface area contributed by atoms with Gasteiger partial charge in [0.1, 0.15) is 5.82 Å². The van der Waals surface area contributed by atoms with Gasteiger partial charge < -0.3 is 5.32 Å². The van der Waals surface area contributed by atoms with E-state index in [1.807, 2.05) is 0 Å². The maximum atomic E-state index is 13.1. The monoisotopic (exact) mass is 277 g/mol. The summed E-state index contributed by atoms with van der Waals surface area (Å²) in [6, 6.07) is 3.09. The second kappa shape index (κ2) is 4.70. The topological polar surface area (TPSA) is 46.9 Å². The van der Waals surface area contributed by atoms with Crippen molar-refractivity contribution in [3.05, 3.63) is 46.7 Å². The molecule has 2 aromatic rings. The van der Waals surface area contributed by atoms with Gasteiger partial charge in [-0.2, -0.15) is 5.10 Å². The molecule has 0 spiro atoms. The molecule has 1 aliphatic carbocycles. The molecule has 6 heteroatoms. The Morgan fingerprint density at radius 2 is 2.10 bits per heavy atom. The molecule has 0 bridgehead atoms. The van der Waals surface area contributed by atoms with Crippen LogP contribution in [0.3, 0.4) is 0 Å². The van der Waals surface area contributed by atoms with Crippen molar-refractivity contribution in [3.63, 3.8) is 0 Å². The Morgan fingerprint density at radius 3 is 2.85 bits per heavy atom. The van der Waals surface area contributed by atoms with Gasteiger partial charge in [0.25, 0.3) is 5.91 Å². The SMILES string of the molecule is Cn1nc2c(c1NC(=O)c1ccc(F)c(F)c1)CCC2. The number of nitrogens with one attached hydrogen (secondary N) is 1. The minimum atomic E-state index is -1.03. The molecule has 0 unspecified atom stereocenters. The van der Waals surface area contributed by atoms with Crippen LogP contribution in [0.5, 0.6) is 0 Å². The molecule has 3 rings (SSSR count). The number of aryl methyl sites for hydroxylation is 2. The zero-order chi connectivity index (χ0) is 14.3. The number of halogens is 2. The van der Waals surface area contributed by atoms with Crippen molar-refractivity contribution in [1.82, 2.24) is 9.78 Å². The Balaban J connectivity index is 1.88. The second-order valence-corrected chi connectivity index (χ2v) is 4.83. The average molecular weight is 277 g/mol. The zero-order valence-corrected chi connectivity index (χ0v) is 10.9. The minimum absolute atomic E-state index is 0.0804. The molecule has 0 radical (unpaired) electrons. The Hall–Kier alpha value is -2.24. The number of amides is 1. The fraction of sp³-hybridized carbons (Fsp3) is 0.286. The van der Waals surface area contributed by atoms with E-state index in [0.717, 1.165) is 42.7 Å². The van der Waals surface area contributed by atoms with Crippen molar-refractivity contribution in [2.45, 2.75) is 19.3 Å². The fourth-order valence-electron chi connectivity index (χ4n) is 2.49. The molecule has 0 aliphatic heterocycles. The van der Waals surface area contributed by atoms with Gasteiger partial charge in [-0.1, -0.05) is 0 Å². The van der Waals surface area contributed by atoms with E-state index >= 15 is 0 Å². The van der Waals surface area contributed by atoms with Crippen molar-refractivity contribution in [3.8, 4) is 0 Å². The number of aromatic nitrogens is 2. The number of hydrogen-bond donors (Lipinski definition) is 1. The lowest BCUT2D eigenvalue weighted by Gasteiger charge is -2.08. The molecule has 1 heterocycles. The van der Waals surface area contributed by atoms with Crippen LogP contribution in [0.25, 0.3) is 0 Å². The van der Waals surface area contributed by atoms with Crippen molar-refractivity contribution >= 4 is 11.7 Å². The minimum Gasteiger partial charge on any atom is -0.307 e. The number of benzene rings is 1. The van der Waals surface area contributed by atoms with Gasteiger partial charge in [-0.3, -0.25) is 9.48 Å². The molecule has 4 nitrogen and oxygen atoms in total. The van der Waals surface area contributed by atoms with Crippen molar-refractivity contribution in [2.24, 2.45) is 7.05 Å². The highest BCUT2D eigenvalue weighted by molar-refractivity contribution is 6.04. The molecular formula is C14H13F2N3O. The van der Waals surface area contributed by atoms with Gasteiger partial charge in [-0.05, 0) is 37.5 Å². The molecule has 1 aromatic heterocycles. The van der Waals surface area contributed by atoms with Gasteiger partial charge in [-0.15, -0.1) is 0 Å². The molecule has 0 saturated heterocycles. The lowest BCUT2D eigenvalue weighted by atomic mass is 10.2. The number of anilines is 1. The summed E-state index contributed by atoms with van der Waals surface area (Å²) < 4.78 is 27.6.